The highest BCUT2D eigenvalue weighted by Gasteiger charge is 2.25. The van der Waals surface area contributed by atoms with Gasteiger partial charge in [-0.25, -0.2) is 0 Å². The summed E-state index contributed by atoms with van der Waals surface area (Å²) >= 11 is 0. The van der Waals surface area contributed by atoms with E-state index in [4.69, 9.17) is 0 Å². The number of hydrogen-bond acceptors (Lipinski definition) is 2. The molecule has 0 bridgehead atoms. The van der Waals surface area contributed by atoms with Crippen molar-refractivity contribution in [2.75, 3.05) is 7.05 Å². The van der Waals surface area contributed by atoms with Gasteiger partial charge in [-0.1, -0.05) is 0 Å². The zero-order chi connectivity index (χ0) is 9.94. The molecule has 4 heteroatoms. The standard InChI is InChI=1S/C8H16N2O2/c1-6(11)9-8(3,4)10(5)7(2)12/h1-5H3,(H,9,11). The molecular weight excluding hydrogens is 156 g/mol. The molecule has 0 atom stereocenters. The predicted molar refractivity (Wildman–Crippen MR) is 46.3 cm³/mol. The molecule has 0 unspecified atom stereocenters. The summed E-state index contributed by atoms with van der Waals surface area (Å²) < 4.78 is 0. The van der Waals surface area contributed by atoms with E-state index in [1.807, 2.05) is 0 Å². The minimum absolute atomic E-state index is 0.0752. The summed E-state index contributed by atoms with van der Waals surface area (Å²) in [5.41, 5.74) is -0.613. The third-order valence-electron chi connectivity index (χ3n) is 1.79. The Morgan fingerprint density at radius 1 is 1.25 bits per heavy atom. The molecule has 0 aliphatic heterocycles. The Balaban J connectivity index is 4.38. The van der Waals surface area contributed by atoms with E-state index in [0.717, 1.165) is 0 Å². The van der Waals surface area contributed by atoms with Crippen molar-refractivity contribution in [1.82, 2.24) is 10.2 Å². The van der Waals surface area contributed by atoms with Crippen LogP contribution in [0.5, 0.6) is 0 Å². The van der Waals surface area contributed by atoms with Crippen LogP contribution in [0.4, 0.5) is 0 Å². The summed E-state index contributed by atoms with van der Waals surface area (Å²) in [4.78, 5) is 23.2. The number of amides is 2. The third kappa shape index (κ3) is 2.90. The van der Waals surface area contributed by atoms with Crippen molar-refractivity contribution >= 4 is 11.8 Å². The van der Waals surface area contributed by atoms with Crippen molar-refractivity contribution in [2.24, 2.45) is 0 Å². The van der Waals surface area contributed by atoms with E-state index in [0.29, 0.717) is 0 Å². The summed E-state index contributed by atoms with van der Waals surface area (Å²) in [7, 11) is 1.65. The van der Waals surface area contributed by atoms with E-state index in [9.17, 15) is 9.59 Å². The molecule has 0 spiro atoms. The first kappa shape index (κ1) is 10.9. The van der Waals surface area contributed by atoms with Crippen LogP contribution >= 0.6 is 0 Å². The highest BCUT2D eigenvalue weighted by molar-refractivity contribution is 5.77. The number of carbonyl (C=O) groups is 2. The lowest BCUT2D eigenvalue weighted by Gasteiger charge is -2.35. The van der Waals surface area contributed by atoms with Crippen LogP contribution in [0.3, 0.4) is 0 Å². The van der Waals surface area contributed by atoms with Gasteiger partial charge in [0.05, 0.1) is 0 Å². The molecular formula is C8H16N2O2. The van der Waals surface area contributed by atoms with Gasteiger partial charge in [0.2, 0.25) is 11.8 Å². The minimum Gasteiger partial charge on any atom is -0.334 e. The number of carbonyl (C=O) groups excluding carboxylic acids is 2. The van der Waals surface area contributed by atoms with Crippen LogP contribution in [-0.2, 0) is 9.59 Å². The lowest BCUT2D eigenvalue weighted by molar-refractivity contribution is -0.135. The third-order valence-corrected chi connectivity index (χ3v) is 1.79. The Kier molecular flexibility index (Phi) is 3.24. The predicted octanol–water partition coefficient (Wildman–Crippen LogP) is 0.337. The summed E-state index contributed by atoms with van der Waals surface area (Å²) in [6, 6.07) is 0. The van der Waals surface area contributed by atoms with Gasteiger partial charge in [0, 0.05) is 20.9 Å². The largest absolute Gasteiger partial charge is 0.334 e. The van der Waals surface area contributed by atoms with Gasteiger partial charge in [-0.2, -0.15) is 0 Å². The maximum Gasteiger partial charge on any atom is 0.221 e. The zero-order valence-electron chi connectivity index (χ0n) is 8.26. The van der Waals surface area contributed by atoms with Crippen LogP contribution in [0.1, 0.15) is 27.7 Å². The minimum atomic E-state index is -0.613. The van der Waals surface area contributed by atoms with E-state index in [2.05, 4.69) is 5.32 Å². The number of hydrogen-bond donors (Lipinski definition) is 1. The first-order valence-electron chi connectivity index (χ1n) is 3.80. The molecule has 0 aliphatic rings. The Labute approximate surface area is 72.9 Å². The summed E-state index contributed by atoms with van der Waals surface area (Å²) in [5.74, 6) is -0.221. The van der Waals surface area contributed by atoms with Gasteiger partial charge in [0.15, 0.2) is 0 Å². The molecule has 0 aromatic carbocycles. The van der Waals surface area contributed by atoms with Gasteiger partial charge in [0.25, 0.3) is 0 Å². The quantitative estimate of drug-likeness (QED) is 0.610. The van der Waals surface area contributed by atoms with E-state index in [1.54, 1.807) is 20.9 Å². The molecule has 0 saturated carbocycles. The van der Waals surface area contributed by atoms with Crippen LogP contribution in [0.25, 0.3) is 0 Å². The number of nitrogens with one attached hydrogen (secondary N) is 1. The second kappa shape index (κ2) is 3.56. The lowest BCUT2D eigenvalue weighted by Crippen LogP contribution is -2.56. The highest BCUT2D eigenvalue weighted by Crippen LogP contribution is 2.07. The molecule has 0 saturated heterocycles. The van der Waals surface area contributed by atoms with Crippen molar-refractivity contribution in [3.63, 3.8) is 0 Å². The van der Waals surface area contributed by atoms with Gasteiger partial charge in [-0.15, -0.1) is 0 Å². The smallest absolute Gasteiger partial charge is 0.221 e. The molecule has 0 fully saturated rings. The van der Waals surface area contributed by atoms with E-state index < -0.39 is 5.66 Å². The fourth-order valence-corrected chi connectivity index (χ4v) is 0.908. The van der Waals surface area contributed by atoms with Crippen molar-refractivity contribution in [3.8, 4) is 0 Å². The molecule has 0 aromatic heterocycles. The highest BCUT2D eigenvalue weighted by atomic mass is 16.2. The van der Waals surface area contributed by atoms with Gasteiger partial charge in [0.1, 0.15) is 5.66 Å². The summed E-state index contributed by atoms with van der Waals surface area (Å²) in [6.45, 7) is 6.44. The Morgan fingerprint density at radius 2 is 1.67 bits per heavy atom. The monoisotopic (exact) mass is 172 g/mol. The summed E-state index contributed by atoms with van der Waals surface area (Å²) in [6.07, 6.45) is 0. The van der Waals surface area contributed by atoms with Crippen LogP contribution in [0.15, 0.2) is 0 Å². The maximum absolute atomic E-state index is 10.9. The van der Waals surface area contributed by atoms with Crippen LogP contribution in [0.2, 0.25) is 0 Å². The Hall–Kier alpha value is -1.06. The van der Waals surface area contributed by atoms with Crippen molar-refractivity contribution in [1.29, 1.82) is 0 Å². The summed E-state index contributed by atoms with van der Waals surface area (Å²) in [5, 5.41) is 2.67. The Bertz CT molecular complexity index is 199. The fourth-order valence-electron chi connectivity index (χ4n) is 0.908. The van der Waals surface area contributed by atoms with E-state index in [1.165, 1.54) is 18.7 Å². The van der Waals surface area contributed by atoms with Crippen molar-refractivity contribution in [2.45, 2.75) is 33.4 Å². The zero-order valence-corrected chi connectivity index (χ0v) is 8.26. The maximum atomic E-state index is 10.9. The number of nitrogens with zero attached hydrogens (tertiary/aromatic N) is 1. The molecule has 0 rings (SSSR count). The van der Waals surface area contributed by atoms with Crippen LogP contribution < -0.4 is 5.32 Å². The molecule has 0 aromatic rings. The first-order chi connectivity index (χ1) is 5.27. The SMILES string of the molecule is CC(=O)NC(C)(C)N(C)C(C)=O. The average Bonchev–Trinajstić information content (AvgIpc) is 1.82. The van der Waals surface area contributed by atoms with Gasteiger partial charge >= 0.3 is 0 Å². The van der Waals surface area contributed by atoms with E-state index in [-0.39, 0.29) is 11.8 Å². The van der Waals surface area contributed by atoms with Crippen molar-refractivity contribution in [3.05, 3.63) is 0 Å². The fraction of sp³-hybridized carbons (Fsp3) is 0.750. The molecule has 0 radical (unpaired) electrons. The van der Waals surface area contributed by atoms with Crippen molar-refractivity contribution < 1.29 is 9.59 Å². The number of rotatable bonds is 2. The average molecular weight is 172 g/mol. The Morgan fingerprint density at radius 3 is 1.92 bits per heavy atom. The second-order valence-corrected chi connectivity index (χ2v) is 3.32. The van der Waals surface area contributed by atoms with Gasteiger partial charge < -0.3 is 10.2 Å². The van der Waals surface area contributed by atoms with Gasteiger partial charge in [-0.3, -0.25) is 9.59 Å². The molecule has 0 aliphatic carbocycles. The molecule has 0 heterocycles. The first-order valence-corrected chi connectivity index (χ1v) is 3.80. The molecule has 2 amide bonds. The van der Waals surface area contributed by atoms with Gasteiger partial charge in [-0.05, 0) is 13.8 Å². The molecule has 12 heavy (non-hydrogen) atoms. The molecule has 70 valence electrons. The van der Waals surface area contributed by atoms with Crippen LogP contribution in [0, 0.1) is 0 Å². The van der Waals surface area contributed by atoms with Crippen LogP contribution in [-0.4, -0.2) is 29.4 Å². The topological polar surface area (TPSA) is 49.4 Å². The normalized spacial score (nSPS) is 10.8. The lowest BCUT2D eigenvalue weighted by atomic mass is 10.2. The molecule has 4 nitrogen and oxygen atoms in total. The van der Waals surface area contributed by atoms with E-state index >= 15 is 0 Å². The second-order valence-electron chi connectivity index (χ2n) is 3.32. The molecule has 1 N–H and O–H groups in total.